The number of carbonyl (C=O) groups is 2. The summed E-state index contributed by atoms with van der Waals surface area (Å²) in [6.07, 6.45) is -1.08. The Morgan fingerprint density at radius 1 is 1.27 bits per heavy atom. The van der Waals surface area contributed by atoms with Gasteiger partial charge in [-0.1, -0.05) is 18.9 Å². The van der Waals surface area contributed by atoms with Crippen molar-refractivity contribution in [2.24, 2.45) is 11.8 Å². The van der Waals surface area contributed by atoms with Crippen molar-refractivity contribution in [2.75, 3.05) is 6.54 Å². The topological polar surface area (TPSA) is 62.3 Å². The number of halogens is 3. The van der Waals surface area contributed by atoms with E-state index in [2.05, 4.69) is 10.3 Å². The molecule has 2 amide bonds. The summed E-state index contributed by atoms with van der Waals surface area (Å²) < 4.78 is 39.5. The molecule has 3 atom stereocenters. The molecule has 2 aliphatic rings. The number of nitrogens with zero attached hydrogens (tertiary/aromatic N) is 2. The molecule has 3 rings (SSSR count). The van der Waals surface area contributed by atoms with Crippen molar-refractivity contribution in [3.8, 4) is 0 Å². The van der Waals surface area contributed by atoms with Crippen LogP contribution in [0.3, 0.4) is 0 Å². The van der Waals surface area contributed by atoms with Crippen molar-refractivity contribution in [1.29, 1.82) is 0 Å². The van der Waals surface area contributed by atoms with Gasteiger partial charge in [0.15, 0.2) is 0 Å². The maximum Gasteiger partial charge on any atom is 0.393 e. The number of hydrogen-bond donors (Lipinski definition) is 1. The van der Waals surface area contributed by atoms with E-state index in [4.69, 9.17) is 0 Å². The number of alkyl halides is 3. The summed E-state index contributed by atoms with van der Waals surface area (Å²) in [4.78, 5) is 30.3. The molecule has 142 valence electrons. The van der Waals surface area contributed by atoms with Crippen LogP contribution in [0.2, 0.25) is 0 Å². The molecule has 0 bridgehead atoms. The molecule has 1 saturated carbocycles. The smallest absolute Gasteiger partial charge is 0.352 e. The largest absolute Gasteiger partial charge is 0.393 e. The highest BCUT2D eigenvalue weighted by Gasteiger charge is 2.46. The highest BCUT2D eigenvalue weighted by atomic mass is 19.4. The zero-order chi connectivity index (χ0) is 18.7. The van der Waals surface area contributed by atoms with E-state index in [0.29, 0.717) is 31.5 Å². The summed E-state index contributed by atoms with van der Waals surface area (Å²) in [5.41, 5.74) is 0.714. The molecule has 0 spiro atoms. The van der Waals surface area contributed by atoms with E-state index in [1.807, 2.05) is 6.07 Å². The van der Waals surface area contributed by atoms with Crippen LogP contribution in [0.5, 0.6) is 0 Å². The molecule has 1 aliphatic heterocycles. The van der Waals surface area contributed by atoms with Crippen molar-refractivity contribution in [3.05, 3.63) is 30.1 Å². The normalized spacial score (nSPS) is 26.8. The second-order valence-electron chi connectivity index (χ2n) is 7.04. The van der Waals surface area contributed by atoms with Crippen molar-refractivity contribution < 1.29 is 22.8 Å². The Kier molecular flexibility index (Phi) is 5.48. The summed E-state index contributed by atoms with van der Waals surface area (Å²) >= 11 is 0. The number of aromatic nitrogens is 1. The molecule has 3 unspecified atom stereocenters. The van der Waals surface area contributed by atoms with Gasteiger partial charge in [0.1, 0.15) is 0 Å². The van der Waals surface area contributed by atoms with Gasteiger partial charge in [-0.25, -0.2) is 0 Å². The third kappa shape index (κ3) is 4.34. The van der Waals surface area contributed by atoms with E-state index in [-0.39, 0.29) is 25.3 Å². The molecule has 1 saturated heterocycles. The van der Waals surface area contributed by atoms with Crippen molar-refractivity contribution in [3.63, 3.8) is 0 Å². The first-order chi connectivity index (χ1) is 12.3. The number of likely N-dealkylation sites (tertiary alicyclic amines) is 1. The Morgan fingerprint density at radius 3 is 2.73 bits per heavy atom. The zero-order valence-electron chi connectivity index (χ0n) is 14.3. The van der Waals surface area contributed by atoms with E-state index in [0.717, 1.165) is 0 Å². The van der Waals surface area contributed by atoms with Crippen LogP contribution in [0.4, 0.5) is 13.2 Å². The maximum atomic E-state index is 13.2. The Bertz CT molecular complexity index is 651. The highest BCUT2D eigenvalue weighted by molar-refractivity contribution is 5.89. The number of carbonyl (C=O) groups excluding carboxylic acids is 2. The van der Waals surface area contributed by atoms with Crippen molar-refractivity contribution in [2.45, 2.75) is 50.9 Å². The number of hydrogen-bond acceptors (Lipinski definition) is 3. The SMILES string of the molecule is O=C(NC1CCCCC1C(F)(F)F)C1CC(=O)N(Cc2ccccn2)C1. The Hall–Kier alpha value is -2.12. The van der Waals surface area contributed by atoms with E-state index in [1.54, 1.807) is 18.3 Å². The fourth-order valence-electron chi connectivity index (χ4n) is 3.78. The van der Waals surface area contributed by atoms with Crippen LogP contribution in [0.15, 0.2) is 24.4 Å². The molecule has 2 fully saturated rings. The summed E-state index contributed by atoms with van der Waals surface area (Å²) in [7, 11) is 0. The first-order valence-corrected chi connectivity index (χ1v) is 8.89. The van der Waals surface area contributed by atoms with Gasteiger partial charge in [0.05, 0.1) is 24.1 Å². The summed E-state index contributed by atoms with van der Waals surface area (Å²) in [6.45, 7) is 0.517. The molecule has 1 N–H and O–H groups in total. The predicted octanol–water partition coefficient (Wildman–Crippen LogP) is 2.67. The first-order valence-electron chi connectivity index (χ1n) is 8.89. The molecular weight excluding hydrogens is 347 g/mol. The Balaban J connectivity index is 1.59. The lowest BCUT2D eigenvalue weighted by Crippen LogP contribution is -2.49. The third-order valence-electron chi connectivity index (χ3n) is 5.18. The minimum Gasteiger partial charge on any atom is -0.352 e. The van der Waals surface area contributed by atoms with Gasteiger partial charge in [-0.15, -0.1) is 0 Å². The van der Waals surface area contributed by atoms with E-state index in [1.165, 1.54) is 4.90 Å². The number of nitrogens with one attached hydrogen (secondary N) is 1. The molecule has 8 heteroatoms. The van der Waals surface area contributed by atoms with Crippen LogP contribution in [-0.2, 0) is 16.1 Å². The highest BCUT2D eigenvalue weighted by Crippen LogP contribution is 2.38. The van der Waals surface area contributed by atoms with Crippen LogP contribution in [-0.4, -0.2) is 40.5 Å². The second kappa shape index (κ2) is 7.63. The van der Waals surface area contributed by atoms with E-state index >= 15 is 0 Å². The molecule has 0 aromatic carbocycles. The van der Waals surface area contributed by atoms with Gasteiger partial charge in [-0.05, 0) is 25.0 Å². The first kappa shape index (κ1) is 18.7. The molecule has 26 heavy (non-hydrogen) atoms. The Morgan fingerprint density at radius 2 is 2.04 bits per heavy atom. The quantitative estimate of drug-likeness (QED) is 0.888. The monoisotopic (exact) mass is 369 g/mol. The van der Waals surface area contributed by atoms with Crippen LogP contribution >= 0.6 is 0 Å². The molecule has 1 aliphatic carbocycles. The molecule has 2 heterocycles. The molecule has 5 nitrogen and oxygen atoms in total. The minimum atomic E-state index is -4.31. The number of pyridine rings is 1. The van der Waals surface area contributed by atoms with Gasteiger partial charge in [0.2, 0.25) is 11.8 Å². The summed E-state index contributed by atoms with van der Waals surface area (Å²) in [5, 5.41) is 2.57. The lowest BCUT2D eigenvalue weighted by Gasteiger charge is -2.34. The standard InChI is InChI=1S/C18H22F3N3O2/c19-18(20,21)14-6-1-2-7-15(14)23-17(26)12-9-16(25)24(10-12)11-13-5-3-4-8-22-13/h3-5,8,12,14-15H,1-2,6-7,9-11H2,(H,23,26). The Labute approximate surface area is 150 Å². The third-order valence-corrected chi connectivity index (χ3v) is 5.18. The fraction of sp³-hybridized carbons (Fsp3) is 0.611. The zero-order valence-corrected chi connectivity index (χ0v) is 14.3. The minimum absolute atomic E-state index is 0.0298. The molecular formula is C18H22F3N3O2. The lowest BCUT2D eigenvalue weighted by molar-refractivity contribution is -0.189. The maximum absolute atomic E-state index is 13.2. The van der Waals surface area contributed by atoms with Crippen LogP contribution < -0.4 is 5.32 Å². The van der Waals surface area contributed by atoms with Crippen molar-refractivity contribution in [1.82, 2.24) is 15.2 Å². The average Bonchev–Trinajstić information content (AvgIpc) is 2.96. The average molecular weight is 369 g/mol. The summed E-state index contributed by atoms with van der Waals surface area (Å²) in [5.74, 6) is -2.74. The van der Waals surface area contributed by atoms with Gasteiger partial charge in [0, 0.05) is 25.2 Å². The predicted molar refractivity (Wildman–Crippen MR) is 87.7 cm³/mol. The van der Waals surface area contributed by atoms with Gasteiger partial charge < -0.3 is 10.2 Å². The van der Waals surface area contributed by atoms with Crippen LogP contribution in [0.1, 0.15) is 37.8 Å². The van der Waals surface area contributed by atoms with Crippen LogP contribution in [0, 0.1) is 11.8 Å². The molecule has 1 aromatic heterocycles. The second-order valence-corrected chi connectivity index (χ2v) is 7.04. The van der Waals surface area contributed by atoms with Crippen LogP contribution in [0.25, 0.3) is 0 Å². The number of rotatable bonds is 4. The van der Waals surface area contributed by atoms with Gasteiger partial charge in [-0.2, -0.15) is 13.2 Å². The summed E-state index contributed by atoms with van der Waals surface area (Å²) in [6, 6.07) is 4.48. The van der Waals surface area contributed by atoms with Gasteiger partial charge >= 0.3 is 6.18 Å². The van der Waals surface area contributed by atoms with Crippen molar-refractivity contribution >= 4 is 11.8 Å². The molecule has 0 radical (unpaired) electrons. The van der Waals surface area contributed by atoms with E-state index < -0.39 is 30.0 Å². The lowest BCUT2D eigenvalue weighted by atomic mass is 9.83. The van der Waals surface area contributed by atoms with Gasteiger partial charge in [0.25, 0.3) is 0 Å². The molecule has 1 aromatic rings. The fourth-order valence-corrected chi connectivity index (χ4v) is 3.78. The number of amides is 2. The van der Waals surface area contributed by atoms with Gasteiger partial charge in [-0.3, -0.25) is 14.6 Å². The van der Waals surface area contributed by atoms with E-state index in [9.17, 15) is 22.8 Å².